The third kappa shape index (κ3) is 6.26. The molecule has 0 aliphatic carbocycles. The van der Waals surface area contributed by atoms with Crippen molar-refractivity contribution in [3.63, 3.8) is 0 Å². The molecule has 1 atom stereocenters. The highest BCUT2D eigenvalue weighted by molar-refractivity contribution is 7.99. The van der Waals surface area contributed by atoms with Crippen LogP contribution in [0.4, 0.5) is 0 Å². The Morgan fingerprint density at radius 3 is 2.67 bits per heavy atom. The molecule has 4 nitrogen and oxygen atoms in total. The van der Waals surface area contributed by atoms with Gasteiger partial charge in [-0.2, -0.15) is 0 Å². The lowest BCUT2D eigenvalue weighted by Gasteiger charge is -2.26. The highest BCUT2D eigenvalue weighted by Gasteiger charge is 2.26. The van der Waals surface area contributed by atoms with Gasteiger partial charge in [0.15, 0.2) is 0 Å². The van der Waals surface area contributed by atoms with E-state index in [1.807, 2.05) is 18.2 Å². The van der Waals surface area contributed by atoms with Gasteiger partial charge in [0.1, 0.15) is 0 Å². The summed E-state index contributed by atoms with van der Waals surface area (Å²) in [4.78, 5) is 13.2. The number of rotatable bonds is 6. The first-order chi connectivity index (χ1) is 9.77. The van der Waals surface area contributed by atoms with Crippen molar-refractivity contribution in [3.05, 3.63) is 30.3 Å². The van der Waals surface area contributed by atoms with Crippen molar-refractivity contribution in [2.24, 2.45) is 11.7 Å². The fraction of sp³-hybridized carbons (Fsp3) is 0.533. The summed E-state index contributed by atoms with van der Waals surface area (Å²) in [6.45, 7) is 2.08. The van der Waals surface area contributed by atoms with E-state index in [2.05, 4.69) is 17.4 Å². The number of hydrogen-bond donors (Lipinski definition) is 2. The van der Waals surface area contributed by atoms with Gasteiger partial charge in [-0.3, -0.25) is 4.79 Å². The average molecular weight is 331 g/mol. The van der Waals surface area contributed by atoms with Gasteiger partial charge in [-0.25, -0.2) is 0 Å². The molecule has 1 aromatic rings. The lowest BCUT2D eigenvalue weighted by atomic mass is 9.92. The van der Waals surface area contributed by atoms with Crippen LogP contribution in [-0.2, 0) is 9.53 Å². The summed E-state index contributed by atoms with van der Waals surface area (Å²) in [5.41, 5.74) is 6.01. The Bertz CT molecular complexity index is 413. The number of carbonyl (C=O) groups excluding carboxylic acids is 1. The first-order valence-corrected chi connectivity index (χ1v) is 8.05. The van der Waals surface area contributed by atoms with Crippen LogP contribution < -0.4 is 11.1 Å². The minimum atomic E-state index is -0.402. The molecule has 1 saturated heterocycles. The topological polar surface area (TPSA) is 64.4 Å². The Hall–Kier alpha value is -0.750. The molecule has 2 rings (SSSR count). The second-order valence-corrected chi connectivity index (χ2v) is 6.10. The average Bonchev–Trinajstić information content (AvgIpc) is 2.52. The van der Waals surface area contributed by atoms with Crippen molar-refractivity contribution in [2.75, 3.05) is 25.5 Å². The van der Waals surface area contributed by atoms with Gasteiger partial charge in [0.2, 0.25) is 5.91 Å². The van der Waals surface area contributed by atoms with Gasteiger partial charge in [-0.05, 0) is 30.9 Å². The molecule has 0 aromatic heterocycles. The highest BCUT2D eigenvalue weighted by Crippen LogP contribution is 2.18. The summed E-state index contributed by atoms with van der Waals surface area (Å²) in [7, 11) is 0. The maximum Gasteiger partial charge on any atom is 0.237 e. The Kier molecular flexibility index (Phi) is 8.76. The van der Waals surface area contributed by atoms with Crippen LogP contribution in [0, 0.1) is 5.92 Å². The maximum absolute atomic E-state index is 12.0. The van der Waals surface area contributed by atoms with Crippen molar-refractivity contribution in [3.8, 4) is 0 Å². The van der Waals surface area contributed by atoms with E-state index in [9.17, 15) is 4.79 Å². The molecule has 0 radical (unpaired) electrons. The summed E-state index contributed by atoms with van der Waals surface area (Å²) in [5.74, 6) is 1.08. The molecule has 0 spiro atoms. The van der Waals surface area contributed by atoms with Crippen LogP contribution in [0.15, 0.2) is 35.2 Å². The number of amides is 1. The van der Waals surface area contributed by atoms with Crippen LogP contribution in [0.1, 0.15) is 12.8 Å². The van der Waals surface area contributed by atoms with Gasteiger partial charge in [0.05, 0.1) is 6.04 Å². The van der Waals surface area contributed by atoms with E-state index in [1.54, 1.807) is 11.8 Å². The first-order valence-electron chi connectivity index (χ1n) is 7.06. The summed E-state index contributed by atoms with van der Waals surface area (Å²) < 4.78 is 5.29. The standard InChI is InChI=1S/C15H22N2O2S.ClH/c16-14(12-6-9-19-10-7-12)15(18)17-8-11-20-13-4-2-1-3-5-13;/h1-5,12,14H,6-11,16H2,(H,17,18);1H. The minimum Gasteiger partial charge on any atom is -0.381 e. The van der Waals surface area contributed by atoms with Crippen LogP contribution >= 0.6 is 24.2 Å². The third-order valence-electron chi connectivity index (χ3n) is 3.49. The van der Waals surface area contributed by atoms with Gasteiger partial charge >= 0.3 is 0 Å². The van der Waals surface area contributed by atoms with E-state index in [0.29, 0.717) is 6.54 Å². The Morgan fingerprint density at radius 1 is 1.33 bits per heavy atom. The van der Waals surface area contributed by atoms with E-state index < -0.39 is 6.04 Å². The molecule has 1 heterocycles. The molecule has 3 N–H and O–H groups in total. The molecule has 21 heavy (non-hydrogen) atoms. The molecule has 1 aliphatic rings. The zero-order valence-corrected chi connectivity index (χ0v) is 13.6. The first kappa shape index (κ1) is 18.3. The van der Waals surface area contributed by atoms with Gasteiger partial charge in [-0.1, -0.05) is 18.2 Å². The number of ether oxygens (including phenoxy) is 1. The van der Waals surface area contributed by atoms with Gasteiger partial charge in [0.25, 0.3) is 0 Å². The van der Waals surface area contributed by atoms with Gasteiger partial charge < -0.3 is 15.8 Å². The number of thioether (sulfide) groups is 1. The Morgan fingerprint density at radius 2 is 2.00 bits per heavy atom. The minimum absolute atomic E-state index is 0. The molecule has 118 valence electrons. The Balaban J connectivity index is 0.00000220. The van der Waals surface area contributed by atoms with E-state index in [-0.39, 0.29) is 24.2 Å². The number of nitrogens with two attached hydrogens (primary N) is 1. The van der Waals surface area contributed by atoms with E-state index in [1.165, 1.54) is 4.90 Å². The quantitative estimate of drug-likeness (QED) is 0.619. The molecular formula is C15H23ClN2O2S. The maximum atomic E-state index is 12.0. The summed E-state index contributed by atoms with van der Waals surface area (Å²) >= 11 is 1.73. The van der Waals surface area contributed by atoms with Crippen molar-refractivity contribution in [1.29, 1.82) is 0 Å². The molecule has 1 aromatic carbocycles. The molecule has 0 saturated carbocycles. The zero-order valence-electron chi connectivity index (χ0n) is 12.0. The monoisotopic (exact) mass is 330 g/mol. The summed E-state index contributed by atoms with van der Waals surface area (Å²) in [5, 5.41) is 2.92. The normalized spacial score (nSPS) is 16.8. The lowest BCUT2D eigenvalue weighted by Crippen LogP contribution is -2.47. The van der Waals surface area contributed by atoms with Crippen LogP contribution in [0.2, 0.25) is 0 Å². The van der Waals surface area contributed by atoms with Crippen LogP contribution in [0.25, 0.3) is 0 Å². The van der Waals surface area contributed by atoms with Crippen molar-refractivity contribution >= 4 is 30.1 Å². The molecular weight excluding hydrogens is 308 g/mol. The molecule has 1 amide bonds. The third-order valence-corrected chi connectivity index (χ3v) is 4.50. The molecule has 1 aliphatic heterocycles. The predicted molar refractivity (Wildman–Crippen MR) is 88.9 cm³/mol. The number of benzene rings is 1. The summed E-state index contributed by atoms with van der Waals surface area (Å²) in [6.07, 6.45) is 1.76. The number of nitrogens with one attached hydrogen (secondary N) is 1. The fourth-order valence-electron chi connectivity index (χ4n) is 2.27. The highest BCUT2D eigenvalue weighted by atomic mass is 35.5. The second-order valence-electron chi connectivity index (χ2n) is 4.93. The SMILES string of the molecule is Cl.NC(C(=O)NCCSc1ccccc1)C1CCOCC1. The molecule has 1 unspecified atom stereocenters. The van der Waals surface area contributed by atoms with Crippen molar-refractivity contribution < 1.29 is 9.53 Å². The van der Waals surface area contributed by atoms with E-state index in [4.69, 9.17) is 10.5 Å². The second kappa shape index (κ2) is 10.1. The molecule has 6 heteroatoms. The molecule has 1 fully saturated rings. The van der Waals surface area contributed by atoms with Crippen LogP contribution in [0.3, 0.4) is 0 Å². The lowest BCUT2D eigenvalue weighted by molar-refractivity contribution is -0.124. The van der Waals surface area contributed by atoms with Crippen LogP contribution in [-0.4, -0.2) is 37.5 Å². The van der Waals surface area contributed by atoms with Crippen molar-refractivity contribution in [2.45, 2.75) is 23.8 Å². The van der Waals surface area contributed by atoms with Gasteiger partial charge in [0, 0.05) is 30.4 Å². The summed E-state index contributed by atoms with van der Waals surface area (Å²) in [6, 6.07) is 9.77. The van der Waals surface area contributed by atoms with Gasteiger partial charge in [-0.15, -0.1) is 24.2 Å². The molecule has 0 bridgehead atoms. The van der Waals surface area contributed by atoms with E-state index in [0.717, 1.165) is 31.8 Å². The Labute approximate surface area is 136 Å². The largest absolute Gasteiger partial charge is 0.381 e. The smallest absolute Gasteiger partial charge is 0.237 e. The predicted octanol–water partition coefficient (Wildman–Crippen LogP) is 2.07. The van der Waals surface area contributed by atoms with Crippen molar-refractivity contribution in [1.82, 2.24) is 5.32 Å². The van der Waals surface area contributed by atoms with Crippen LogP contribution in [0.5, 0.6) is 0 Å². The number of hydrogen-bond acceptors (Lipinski definition) is 4. The number of carbonyl (C=O) groups is 1. The fourth-order valence-corrected chi connectivity index (χ4v) is 3.06. The zero-order chi connectivity index (χ0) is 14.2. The van der Waals surface area contributed by atoms with E-state index >= 15 is 0 Å². The number of halogens is 1.